The molecule has 2 rings (SSSR count). The predicted molar refractivity (Wildman–Crippen MR) is 80.5 cm³/mol. The van der Waals surface area contributed by atoms with Crippen LogP contribution >= 0.6 is 27.7 Å². The first-order valence-electron chi connectivity index (χ1n) is 6.32. The van der Waals surface area contributed by atoms with Gasteiger partial charge in [0.05, 0.1) is 0 Å². The molecule has 0 radical (unpaired) electrons. The third kappa shape index (κ3) is 4.65. The van der Waals surface area contributed by atoms with Crippen molar-refractivity contribution < 1.29 is 0 Å². The van der Waals surface area contributed by atoms with Gasteiger partial charge in [0.1, 0.15) is 0 Å². The largest absolute Gasteiger partial charge is 0.327 e. The van der Waals surface area contributed by atoms with E-state index in [1.54, 1.807) is 0 Å². The molecule has 1 aliphatic heterocycles. The van der Waals surface area contributed by atoms with Crippen LogP contribution in [-0.4, -0.2) is 17.5 Å². The quantitative estimate of drug-likeness (QED) is 0.913. The number of hydrogen-bond donors (Lipinski definition) is 1. The molecule has 1 aromatic carbocycles. The minimum atomic E-state index is 0.323. The van der Waals surface area contributed by atoms with Crippen molar-refractivity contribution in [3.63, 3.8) is 0 Å². The number of benzene rings is 1. The highest BCUT2D eigenvalue weighted by Crippen LogP contribution is 2.26. The summed E-state index contributed by atoms with van der Waals surface area (Å²) in [7, 11) is 0. The van der Waals surface area contributed by atoms with Crippen LogP contribution in [0.4, 0.5) is 0 Å². The van der Waals surface area contributed by atoms with Gasteiger partial charge in [-0.2, -0.15) is 11.8 Å². The van der Waals surface area contributed by atoms with Crippen molar-refractivity contribution in [3.05, 3.63) is 34.3 Å². The van der Waals surface area contributed by atoms with Gasteiger partial charge in [-0.25, -0.2) is 0 Å². The first kappa shape index (κ1) is 13.4. The van der Waals surface area contributed by atoms with Gasteiger partial charge in [-0.15, -0.1) is 0 Å². The van der Waals surface area contributed by atoms with Crippen LogP contribution in [0.1, 0.15) is 24.8 Å². The SMILES string of the molecule is NC(Cc1ccc(Br)cc1)CC1CCSCC1. The second kappa shape index (κ2) is 6.81. The summed E-state index contributed by atoms with van der Waals surface area (Å²) >= 11 is 5.54. The van der Waals surface area contributed by atoms with Gasteiger partial charge in [0.25, 0.3) is 0 Å². The van der Waals surface area contributed by atoms with Crippen LogP contribution in [0.25, 0.3) is 0 Å². The van der Waals surface area contributed by atoms with Crippen molar-refractivity contribution in [2.75, 3.05) is 11.5 Å². The van der Waals surface area contributed by atoms with E-state index in [9.17, 15) is 0 Å². The molecular weight excluding hydrogens is 294 g/mol. The Morgan fingerprint density at radius 1 is 1.24 bits per heavy atom. The molecule has 1 fully saturated rings. The van der Waals surface area contributed by atoms with Gasteiger partial charge in [0, 0.05) is 10.5 Å². The van der Waals surface area contributed by atoms with Crippen LogP contribution in [0, 0.1) is 5.92 Å². The molecular formula is C14H20BrNS. The molecule has 17 heavy (non-hydrogen) atoms. The average Bonchev–Trinajstić information content (AvgIpc) is 2.33. The zero-order chi connectivity index (χ0) is 12.1. The van der Waals surface area contributed by atoms with Gasteiger partial charge in [0.2, 0.25) is 0 Å². The van der Waals surface area contributed by atoms with E-state index >= 15 is 0 Å². The molecule has 0 aliphatic carbocycles. The molecule has 0 aromatic heterocycles. The fourth-order valence-corrected chi connectivity index (χ4v) is 3.89. The first-order chi connectivity index (χ1) is 8.24. The summed E-state index contributed by atoms with van der Waals surface area (Å²) in [5.41, 5.74) is 7.61. The summed E-state index contributed by atoms with van der Waals surface area (Å²) in [4.78, 5) is 0. The maximum Gasteiger partial charge on any atom is 0.0175 e. The van der Waals surface area contributed by atoms with Crippen molar-refractivity contribution >= 4 is 27.7 Å². The fraction of sp³-hybridized carbons (Fsp3) is 0.571. The summed E-state index contributed by atoms with van der Waals surface area (Å²) in [6, 6.07) is 8.85. The van der Waals surface area contributed by atoms with Crippen molar-refractivity contribution in [1.29, 1.82) is 0 Å². The van der Waals surface area contributed by atoms with E-state index in [1.165, 1.54) is 36.3 Å². The van der Waals surface area contributed by atoms with E-state index in [1.807, 2.05) is 0 Å². The summed E-state index contributed by atoms with van der Waals surface area (Å²) in [6.07, 6.45) is 4.92. The van der Waals surface area contributed by atoms with Gasteiger partial charge >= 0.3 is 0 Å². The third-order valence-electron chi connectivity index (χ3n) is 3.39. The van der Waals surface area contributed by atoms with Crippen molar-refractivity contribution in [3.8, 4) is 0 Å². The Kier molecular flexibility index (Phi) is 5.39. The Bertz CT molecular complexity index is 333. The molecule has 2 N–H and O–H groups in total. The molecule has 0 saturated carbocycles. The van der Waals surface area contributed by atoms with Crippen molar-refractivity contribution in [2.45, 2.75) is 31.7 Å². The van der Waals surface area contributed by atoms with Crippen molar-refractivity contribution in [2.24, 2.45) is 11.7 Å². The number of rotatable bonds is 4. The monoisotopic (exact) mass is 313 g/mol. The standard InChI is InChI=1S/C14H20BrNS/c15-13-3-1-11(2-4-13)9-14(16)10-12-5-7-17-8-6-12/h1-4,12,14H,5-10,16H2. The minimum Gasteiger partial charge on any atom is -0.327 e. The van der Waals surface area contributed by atoms with Crippen LogP contribution in [0.3, 0.4) is 0 Å². The molecule has 1 heterocycles. The summed E-state index contributed by atoms with van der Waals surface area (Å²) in [5.74, 6) is 3.52. The highest BCUT2D eigenvalue weighted by atomic mass is 79.9. The zero-order valence-corrected chi connectivity index (χ0v) is 12.5. The Morgan fingerprint density at radius 3 is 2.53 bits per heavy atom. The second-order valence-corrected chi connectivity index (χ2v) is 7.02. The Hall–Kier alpha value is 0.01000. The van der Waals surface area contributed by atoms with Gasteiger partial charge in [-0.3, -0.25) is 0 Å². The van der Waals surface area contributed by atoms with Crippen LogP contribution in [0.5, 0.6) is 0 Å². The van der Waals surface area contributed by atoms with Gasteiger partial charge in [-0.1, -0.05) is 28.1 Å². The number of halogens is 1. The van der Waals surface area contributed by atoms with Crippen LogP contribution in [0.2, 0.25) is 0 Å². The Morgan fingerprint density at radius 2 is 1.88 bits per heavy atom. The minimum absolute atomic E-state index is 0.323. The van der Waals surface area contributed by atoms with E-state index in [2.05, 4.69) is 52.0 Å². The topological polar surface area (TPSA) is 26.0 Å². The molecule has 3 heteroatoms. The maximum absolute atomic E-state index is 6.26. The summed E-state index contributed by atoms with van der Waals surface area (Å²) < 4.78 is 1.14. The van der Waals surface area contributed by atoms with Gasteiger partial charge in [-0.05, 0) is 60.8 Å². The molecule has 1 saturated heterocycles. The normalized spacial score (nSPS) is 19.2. The number of nitrogens with two attached hydrogens (primary N) is 1. The number of thioether (sulfide) groups is 1. The van der Waals surface area contributed by atoms with Crippen LogP contribution in [-0.2, 0) is 6.42 Å². The van der Waals surface area contributed by atoms with E-state index < -0.39 is 0 Å². The molecule has 0 spiro atoms. The lowest BCUT2D eigenvalue weighted by Crippen LogP contribution is -2.27. The van der Waals surface area contributed by atoms with E-state index in [-0.39, 0.29) is 0 Å². The van der Waals surface area contributed by atoms with E-state index in [4.69, 9.17) is 5.73 Å². The highest BCUT2D eigenvalue weighted by molar-refractivity contribution is 9.10. The molecule has 1 aliphatic rings. The molecule has 1 unspecified atom stereocenters. The first-order valence-corrected chi connectivity index (χ1v) is 8.26. The Balaban J connectivity index is 1.79. The smallest absolute Gasteiger partial charge is 0.0175 e. The lowest BCUT2D eigenvalue weighted by atomic mass is 9.92. The summed E-state index contributed by atoms with van der Waals surface area (Å²) in [5, 5.41) is 0. The molecule has 1 aromatic rings. The Labute approximate surface area is 117 Å². The van der Waals surface area contributed by atoms with Crippen LogP contribution in [0.15, 0.2) is 28.7 Å². The molecule has 0 bridgehead atoms. The van der Waals surface area contributed by atoms with Gasteiger partial charge < -0.3 is 5.73 Å². The highest BCUT2D eigenvalue weighted by Gasteiger charge is 2.17. The lowest BCUT2D eigenvalue weighted by Gasteiger charge is -2.24. The van der Waals surface area contributed by atoms with Gasteiger partial charge in [0.15, 0.2) is 0 Å². The molecule has 0 amide bonds. The predicted octanol–water partition coefficient (Wildman–Crippen LogP) is 3.85. The maximum atomic E-state index is 6.26. The van der Waals surface area contributed by atoms with Crippen molar-refractivity contribution in [1.82, 2.24) is 0 Å². The summed E-state index contributed by atoms with van der Waals surface area (Å²) in [6.45, 7) is 0. The van der Waals surface area contributed by atoms with E-state index in [0.29, 0.717) is 6.04 Å². The number of hydrogen-bond acceptors (Lipinski definition) is 2. The second-order valence-electron chi connectivity index (χ2n) is 4.88. The fourth-order valence-electron chi connectivity index (χ4n) is 2.42. The van der Waals surface area contributed by atoms with E-state index in [0.717, 1.165) is 16.8 Å². The molecule has 94 valence electrons. The zero-order valence-electron chi connectivity index (χ0n) is 10.1. The average molecular weight is 314 g/mol. The third-order valence-corrected chi connectivity index (χ3v) is 4.97. The molecule has 1 nitrogen and oxygen atoms in total. The molecule has 1 atom stereocenters. The lowest BCUT2D eigenvalue weighted by molar-refractivity contribution is 0.406. The van der Waals surface area contributed by atoms with Crippen LogP contribution < -0.4 is 5.73 Å².